The van der Waals surface area contributed by atoms with Gasteiger partial charge in [0, 0.05) is 13.1 Å². The van der Waals surface area contributed by atoms with Crippen LogP contribution in [0, 0.1) is 0 Å². The Morgan fingerprint density at radius 1 is 2.09 bits per heavy atom. The normalized spacial score (nSPS) is 13.8. The number of hydrogen-bond acceptors (Lipinski definition) is 4. The summed E-state index contributed by atoms with van der Waals surface area (Å²) in [7, 11) is 0. The van der Waals surface area contributed by atoms with Gasteiger partial charge >= 0.3 is 0 Å². The molecule has 0 aliphatic heterocycles. The van der Waals surface area contributed by atoms with Gasteiger partial charge in [-0.2, -0.15) is 0 Å². The molecule has 11 heavy (non-hydrogen) atoms. The monoisotopic (exact) mass is 173 g/mol. The highest BCUT2D eigenvalue weighted by Gasteiger charge is 2.00. The first kappa shape index (κ1) is 6.75. The molecule has 1 rings (SSSR count). The third kappa shape index (κ3) is 2.28. The molecule has 1 amide bonds. The maximum Gasteiger partial charge on any atom is 0.223 e. The quantitative estimate of drug-likeness (QED) is 0.688. The lowest BCUT2D eigenvalue weighted by Gasteiger charge is -1.91. The van der Waals surface area contributed by atoms with E-state index in [1.54, 1.807) is 0 Å². The number of aliphatic hydroxyl groups excluding tert-OH is 1. The zero-order valence-electron chi connectivity index (χ0n) is 6.87. The van der Waals surface area contributed by atoms with Crippen molar-refractivity contribution in [3.8, 4) is 0 Å². The number of aliphatic hydroxyl groups is 1. The van der Waals surface area contributed by atoms with Gasteiger partial charge < -0.3 is 10.4 Å². The van der Waals surface area contributed by atoms with Gasteiger partial charge in [0.05, 0.1) is 12.8 Å². The van der Waals surface area contributed by atoms with E-state index in [9.17, 15) is 4.79 Å². The summed E-state index contributed by atoms with van der Waals surface area (Å²) in [5, 5.41) is 11.7. The molecule has 0 aliphatic carbocycles. The highest BCUT2D eigenvalue weighted by Crippen LogP contribution is 2.17. The second-order valence-electron chi connectivity index (χ2n) is 1.88. The van der Waals surface area contributed by atoms with Crippen molar-refractivity contribution in [2.45, 2.75) is 13.5 Å². The van der Waals surface area contributed by atoms with Crippen molar-refractivity contribution in [2.75, 3.05) is 5.32 Å². The zero-order valence-corrected chi connectivity index (χ0v) is 6.68. The zero-order chi connectivity index (χ0) is 9.14. The van der Waals surface area contributed by atoms with Crippen molar-refractivity contribution in [1.29, 1.82) is 0 Å². The van der Waals surface area contributed by atoms with Crippen molar-refractivity contribution in [1.82, 2.24) is 4.98 Å². The molecule has 0 saturated carbocycles. The Balaban J connectivity index is 2.70. The maximum absolute atomic E-state index is 10.5. The number of hydrogen-bond donors (Lipinski definition) is 2. The Labute approximate surface area is 69.3 Å². The fraction of sp³-hybridized carbons (Fsp3) is 0.333. The smallest absolute Gasteiger partial charge is 0.223 e. The van der Waals surface area contributed by atoms with Gasteiger partial charge in [0.25, 0.3) is 0 Å². The van der Waals surface area contributed by atoms with Crippen molar-refractivity contribution in [2.24, 2.45) is 0 Å². The largest absolute Gasteiger partial charge is 0.391 e. The Morgan fingerprint density at radius 2 is 2.82 bits per heavy atom. The van der Waals surface area contributed by atoms with E-state index >= 15 is 0 Å². The minimum atomic E-state index is -1.27. The molecule has 60 valence electrons. The number of nitrogens with one attached hydrogen (secondary N) is 1. The minimum absolute atomic E-state index is 0.213. The fourth-order valence-electron chi connectivity index (χ4n) is 0.555. The van der Waals surface area contributed by atoms with E-state index in [1.807, 2.05) is 0 Å². The van der Waals surface area contributed by atoms with Crippen molar-refractivity contribution in [3.05, 3.63) is 11.1 Å². The van der Waals surface area contributed by atoms with Gasteiger partial charge in [0.2, 0.25) is 5.91 Å². The fourth-order valence-corrected chi connectivity index (χ4v) is 1.24. The molecule has 0 aliphatic rings. The van der Waals surface area contributed by atoms with E-state index in [4.69, 9.17) is 6.48 Å². The molecule has 1 unspecified atom stereocenters. The van der Waals surface area contributed by atoms with Crippen molar-refractivity contribution >= 4 is 22.4 Å². The molecule has 4 nitrogen and oxygen atoms in total. The first-order valence-electron chi connectivity index (χ1n) is 3.51. The Kier molecular flexibility index (Phi) is 2.12. The molecular weight excluding hydrogens is 164 g/mol. The predicted molar refractivity (Wildman–Crippen MR) is 42.3 cm³/mol. The van der Waals surface area contributed by atoms with Gasteiger partial charge in [-0.25, -0.2) is 4.98 Å². The van der Waals surface area contributed by atoms with Gasteiger partial charge in [0.15, 0.2) is 5.13 Å². The van der Waals surface area contributed by atoms with Gasteiger partial charge in [-0.3, -0.25) is 4.79 Å². The van der Waals surface area contributed by atoms with E-state index in [0.717, 1.165) is 11.3 Å². The molecule has 5 heteroatoms. The van der Waals surface area contributed by atoms with E-state index in [2.05, 4.69) is 10.3 Å². The van der Waals surface area contributed by atoms with Crippen molar-refractivity contribution < 1.29 is 11.3 Å². The van der Waals surface area contributed by atoms with Crippen LogP contribution >= 0.6 is 11.3 Å². The molecular formula is C6H8N2O2S. The average Bonchev–Trinajstić information content (AvgIpc) is 2.34. The highest BCUT2D eigenvalue weighted by atomic mass is 32.1. The summed E-state index contributed by atoms with van der Waals surface area (Å²) in [5.74, 6) is -0.213. The van der Waals surface area contributed by atoms with Crippen LogP contribution in [-0.4, -0.2) is 16.0 Å². The molecule has 0 radical (unpaired) electrons. The number of anilines is 1. The highest BCUT2D eigenvalue weighted by molar-refractivity contribution is 7.15. The molecule has 2 N–H and O–H groups in total. The molecule has 1 heterocycles. The third-order valence-electron chi connectivity index (χ3n) is 0.934. The summed E-state index contributed by atoms with van der Waals surface area (Å²) in [5.41, 5.74) is 0. The number of carbonyl (C=O) groups excluding carboxylic acids is 1. The number of amides is 1. The summed E-state index contributed by atoms with van der Waals surface area (Å²) < 4.78 is 6.93. The van der Waals surface area contributed by atoms with Crippen LogP contribution in [0.5, 0.6) is 0 Å². The summed E-state index contributed by atoms with van der Waals surface area (Å²) in [6.45, 7) is 0.100. The molecule has 1 aromatic rings. The molecule has 1 atom stereocenters. The Bertz CT molecular complexity index is 287. The van der Waals surface area contributed by atoms with Crippen LogP contribution in [-0.2, 0) is 11.4 Å². The molecule has 1 aromatic heterocycles. The molecule has 0 spiro atoms. The molecule has 0 fully saturated rings. The summed E-state index contributed by atoms with van der Waals surface area (Å²) in [4.78, 5) is 14.7. The van der Waals surface area contributed by atoms with Gasteiger partial charge in [-0.15, -0.1) is 0 Å². The van der Waals surface area contributed by atoms with Crippen LogP contribution in [0.3, 0.4) is 0 Å². The van der Waals surface area contributed by atoms with E-state index in [-0.39, 0.29) is 5.91 Å². The topological polar surface area (TPSA) is 62.2 Å². The second-order valence-corrected chi connectivity index (χ2v) is 2.94. The SMILES string of the molecule is [2H]C(O)c1cnc(NC(C)=O)s1. The summed E-state index contributed by atoms with van der Waals surface area (Å²) in [6.07, 6.45) is 1.37. The maximum atomic E-state index is 10.5. The lowest BCUT2D eigenvalue weighted by molar-refractivity contribution is -0.114. The van der Waals surface area contributed by atoms with Crippen LogP contribution in [0.15, 0.2) is 6.20 Å². The number of thiazole rings is 1. The molecule has 0 bridgehead atoms. The van der Waals surface area contributed by atoms with Crippen molar-refractivity contribution in [3.63, 3.8) is 0 Å². The number of rotatable bonds is 2. The van der Waals surface area contributed by atoms with Crippen LogP contribution < -0.4 is 5.32 Å². The first-order valence-corrected chi connectivity index (χ1v) is 3.75. The first-order chi connectivity index (χ1) is 5.59. The number of nitrogens with zero attached hydrogens (tertiary/aromatic N) is 1. The summed E-state index contributed by atoms with van der Waals surface area (Å²) >= 11 is 1.09. The average molecular weight is 173 g/mol. The van der Waals surface area contributed by atoms with Gasteiger partial charge in [-0.05, 0) is 0 Å². The second kappa shape index (κ2) is 3.45. The van der Waals surface area contributed by atoms with Gasteiger partial charge in [0.1, 0.15) is 0 Å². The third-order valence-corrected chi connectivity index (χ3v) is 1.78. The van der Waals surface area contributed by atoms with Crippen LogP contribution in [0.4, 0.5) is 5.13 Å². The lowest BCUT2D eigenvalue weighted by Crippen LogP contribution is -2.04. The lowest BCUT2D eigenvalue weighted by atomic mass is 10.6. The van der Waals surface area contributed by atoms with Crippen LogP contribution in [0.25, 0.3) is 0 Å². The van der Waals surface area contributed by atoms with Crippen LogP contribution in [0.2, 0.25) is 0 Å². The standard InChI is InChI=1S/C6H8N2O2S/c1-4(10)8-6-7-2-5(3-9)11-6/h2,9H,3H2,1H3,(H,7,8,10)/i3D. The Morgan fingerprint density at radius 3 is 3.27 bits per heavy atom. The van der Waals surface area contributed by atoms with Gasteiger partial charge in [-0.1, -0.05) is 11.3 Å². The molecule has 0 aromatic carbocycles. The number of aromatic nitrogens is 1. The van der Waals surface area contributed by atoms with E-state index < -0.39 is 6.58 Å². The van der Waals surface area contributed by atoms with Crippen LogP contribution in [0.1, 0.15) is 13.2 Å². The summed E-state index contributed by atoms with van der Waals surface area (Å²) in [6, 6.07) is 0. The molecule has 0 saturated heterocycles. The Hall–Kier alpha value is -0.940. The van der Waals surface area contributed by atoms with E-state index in [1.165, 1.54) is 13.1 Å². The van der Waals surface area contributed by atoms with E-state index in [0.29, 0.717) is 10.0 Å². The predicted octanol–water partition coefficient (Wildman–Crippen LogP) is 0.594. The minimum Gasteiger partial charge on any atom is -0.391 e. The number of carbonyl (C=O) groups is 1.